The van der Waals surface area contributed by atoms with Gasteiger partial charge in [-0.05, 0) is 59.3 Å². The number of halogens is 3. The second kappa shape index (κ2) is 6.87. The van der Waals surface area contributed by atoms with Gasteiger partial charge in [-0.25, -0.2) is 4.39 Å². The van der Waals surface area contributed by atoms with Crippen LogP contribution in [0.4, 0.5) is 4.39 Å². The molecule has 6 heteroatoms. The number of benzene rings is 1. The summed E-state index contributed by atoms with van der Waals surface area (Å²) in [5.41, 5.74) is 6.23. The summed E-state index contributed by atoms with van der Waals surface area (Å²) < 4.78 is 13.5. The third kappa shape index (κ3) is 4.17. The van der Waals surface area contributed by atoms with Crippen LogP contribution in [0.15, 0.2) is 22.7 Å². The predicted molar refractivity (Wildman–Crippen MR) is 83.4 cm³/mol. The van der Waals surface area contributed by atoms with Crippen LogP contribution in [0.5, 0.6) is 0 Å². The van der Waals surface area contributed by atoms with Gasteiger partial charge < -0.3 is 11.1 Å². The summed E-state index contributed by atoms with van der Waals surface area (Å²) in [4.78, 5) is 12.0. The summed E-state index contributed by atoms with van der Waals surface area (Å²) >= 11 is 3.12. The summed E-state index contributed by atoms with van der Waals surface area (Å²) in [6.07, 6.45) is 2.48. The van der Waals surface area contributed by atoms with Crippen molar-refractivity contribution in [3.05, 3.63) is 34.1 Å². The number of carbonyl (C=O) groups excluding carboxylic acids is 1. The number of nitrogens with two attached hydrogens (primary N) is 1. The Morgan fingerprint density at radius 3 is 2.70 bits per heavy atom. The number of carbonyl (C=O) groups is 1. The lowest BCUT2D eigenvalue weighted by atomic mass is 9.95. The van der Waals surface area contributed by atoms with Crippen molar-refractivity contribution in [2.75, 3.05) is 6.54 Å². The number of hydrogen-bond donors (Lipinski definition) is 2. The van der Waals surface area contributed by atoms with E-state index in [1.807, 2.05) is 6.92 Å². The molecular formula is C14H19BrClFN2O. The molecule has 0 spiro atoms. The SMILES string of the molecule is CC(CN)(NC(=O)Cc1ccc(F)c(Br)c1)C1CC1.Cl. The smallest absolute Gasteiger partial charge is 0.224 e. The molecular weight excluding hydrogens is 347 g/mol. The van der Waals surface area contributed by atoms with E-state index in [1.165, 1.54) is 6.07 Å². The van der Waals surface area contributed by atoms with Crippen LogP contribution in [0.1, 0.15) is 25.3 Å². The van der Waals surface area contributed by atoms with Crippen molar-refractivity contribution in [1.82, 2.24) is 5.32 Å². The first-order chi connectivity index (χ1) is 8.94. The molecule has 1 saturated carbocycles. The molecule has 20 heavy (non-hydrogen) atoms. The summed E-state index contributed by atoms with van der Waals surface area (Å²) in [6.45, 7) is 2.43. The van der Waals surface area contributed by atoms with Crippen molar-refractivity contribution in [3.8, 4) is 0 Å². The van der Waals surface area contributed by atoms with Crippen molar-refractivity contribution >= 4 is 34.2 Å². The maximum absolute atomic E-state index is 13.1. The van der Waals surface area contributed by atoms with Gasteiger partial charge in [0.15, 0.2) is 0 Å². The third-order valence-corrected chi connectivity index (χ3v) is 4.28. The quantitative estimate of drug-likeness (QED) is 0.843. The van der Waals surface area contributed by atoms with E-state index in [-0.39, 0.29) is 36.1 Å². The zero-order valence-electron chi connectivity index (χ0n) is 11.3. The second-order valence-electron chi connectivity index (χ2n) is 5.37. The molecule has 1 unspecified atom stereocenters. The van der Waals surface area contributed by atoms with E-state index in [2.05, 4.69) is 21.2 Å². The van der Waals surface area contributed by atoms with Crippen LogP contribution in [0.2, 0.25) is 0 Å². The van der Waals surface area contributed by atoms with E-state index in [4.69, 9.17) is 5.73 Å². The highest BCUT2D eigenvalue weighted by Gasteiger charge is 2.41. The molecule has 2 rings (SSSR count). The van der Waals surface area contributed by atoms with Crippen LogP contribution in [0, 0.1) is 11.7 Å². The van der Waals surface area contributed by atoms with E-state index in [9.17, 15) is 9.18 Å². The molecule has 1 fully saturated rings. The van der Waals surface area contributed by atoms with Crippen molar-refractivity contribution in [1.29, 1.82) is 0 Å². The Hall–Kier alpha value is -0.650. The van der Waals surface area contributed by atoms with Gasteiger partial charge in [-0.2, -0.15) is 0 Å². The first-order valence-electron chi connectivity index (χ1n) is 6.39. The number of hydrogen-bond acceptors (Lipinski definition) is 2. The first kappa shape index (κ1) is 17.4. The molecule has 1 aromatic rings. The van der Waals surface area contributed by atoms with Gasteiger partial charge in [-0.15, -0.1) is 12.4 Å². The Morgan fingerprint density at radius 1 is 1.55 bits per heavy atom. The Morgan fingerprint density at radius 2 is 2.20 bits per heavy atom. The van der Waals surface area contributed by atoms with Crippen molar-refractivity contribution in [2.45, 2.75) is 31.7 Å². The predicted octanol–water partition coefficient (Wildman–Crippen LogP) is 2.80. The summed E-state index contributed by atoms with van der Waals surface area (Å²) in [7, 11) is 0. The molecule has 1 aliphatic rings. The van der Waals surface area contributed by atoms with Crippen molar-refractivity contribution in [2.24, 2.45) is 11.7 Å². The zero-order valence-corrected chi connectivity index (χ0v) is 13.7. The Labute approximate surface area is 133 Å². The van der Waals surface area contributed by atoms with E-state index in [0.29, 0.717) is 16.9 Å². The molecule has 0 radical (unpaired) electrons. The van der Waals surface area contributed by atoms with E-state index in [1.54, 1.807) is 12.1 Å². The topological polar surface area (TPSA) is 55.1 Å². The maximum Gasteiger partial charge on any atom is 0.224 e. The molecule has 0 heterocycles. The molecule has 0 bridgehead atoms. The van der Waals surface area contributed by atoms with Crippen LogP contribution >= 0.6 is 28.3 Å². The molecule has 3 nitrogen and oxygen atoms in total. The lowest BCUT2D eigenvalue weighted by molar-refractivity contribution is -0.122. The monoisotopic (exact) mass is 364 g/mol. The van der Waals surface area contributed by atoms with Gasteiger partial charge in [0.1, 0.15) is 5.82 Å². The van der Waals surface area contributed by atoms with Gasteiger partial charge >= 0.3 is 0 Å². The van der Waals surface area contributed by atoms with Crippen LogP contribution in [-0.2, 0) is 11.2 Å². The lowest BCUT2D eigenvalue weighted by Gasteiger charge is -2.29. The normalized spacial score (nSPS) is 17.0. The minimum absolute atomic E-state index is 0. The fraction of sp³-hybridized carbons (Fsp3) is 0.500. The standard InChI is InChI=1S/C14H18BrFN2O.ClH/c1-14(8-17,10-3-4-10)18-13(19)7-9-2-5-12(16)11(15)6-9;/h2,5-6,10H,3-4,7-8,17H2,1H3,(H,18,19);1H. The van der Waals surface area contributed by atoms with Gasteiger partial charge in [0, 0.05) is 6.54 Å². The van der Waals surface area contributed by atoms with Crippen LogP contribution in [0.3, 0.4) is 0 Å². The Bertz CT molecular complexity index is 496. The Balaban J connectivity index is 0.00000200. The van der Waals surface area contributed by atoms with Gasteiger partial charge in [0.2, 0.25) is 5.91 Å². The highest BCUT2D eigenvalue weighted by atomic mass is 79.9. The van der Waals surface area contributed by atoms with Crippen molar-refractivity contribution in [3.63, 3.8) is 0 Å². The molecule has 0 aromatic heterocycles. The lowest BCUT2D eigenvalue weighted by Crippen LogP contribution is -2.53. The second-order valence-corrected chi connectivity index (χ2v) is 6.22. The summed E-state index contributed by atoms with van der Waals surface area (Å²) in [6, 6.07) is 4.61. The summed E-state index contributed by atoms with van der Waals surface area (Å²) in [5.74, 6) is 0.0914. The van der Waals surface area contributed by atoms with Gasteiger partial charge in [0.25, 0.3) is 0 Å². The average molecular weight is 366 g/mol. The molecule has 1 atom stereocenters. The van der Waals surface area contributed by atoms with E-state index < -0.39 is 0 Å². The molecule has 0 aliphatic heterocycles. The van der Waals surface area contributed by atoms with Crippen LogP contribution in [0.25, 0.3) is 0 Å². The van der Waals surface area contributed by atoms with Crippen LogP contribution in [-0.4, -0.2) is 18.0 Å². The molecule has 0 saturated heterocycles. The maximum atomic E-state index is 13.1. The number of amides is 1. The minimum atomic E-state index is -0.325. The van der Waals surface area contributed by atoms with E-state index >= 15 is 0 Å². The molecule has 112 valence electrons. The molecule has 1 amide bonds. The fourth-order valence-corrected chi connectivity index (χ4v) is 2.66. The number of rotatable bonds is 5. The first-order valence-corrected chi connectivity index (χ1v) is 7.19. The van der Waals surface area contributed by atoms with Gasteiger partial charge in [-0.3, -0.25) is 4.79 Å². The van der Waals surface area contributed by atoms with Gasteiger partial charge in [-0.1, -0.05) is 6.07 Å². The minimum Gasteiger partial charge on any atom is -0.349 e. The largest absolute Gasteiger partial charge is 0.349 e. The van der Waals surface area contributed by atoms with Gasteiger partial charge in [0.05, 0.1) is 16.4 Å². The highest BCUT2D eigenvalue weighted by Crippen LogP contribution is 2.38. The average Bonchev–Trinajstić information content (AvgIpc) is 3.18. The van der Waals surface area contributed by atoms with E-state index in [0.717, 1.165) is 18.4 Å². The zero-order chi connectivity index (χ0) is 14.0. The third-order valence-electron chi connectivity index (χ3n) is 3.68. The summed E-state index contributed by atoms with van der Waals surface area (Å²) in [5, 5.41) is 3.01. The van der Waals surface area contributed by atoms with Crippen LogP contribution < -0.4 is 11.1 Å². The number of nitrogens with one attached hydrogen (secondary N) is 1. The Kier molecular flexibility index (Phi) is 5.98. The van der Waals surface area contributed by atoms with Crippen molar-refractivity contribution < 1.29 is 9.18 Å². The fourth-order valence-electron chi connectivity index (χ4n) is 2.24. The molecule has 1 aliphatic carbocycles. The highest BCUT2D eigenvalue weighted by molar-refractivity contribution is 9.10. The molecule has 3 N–H and O–H groups in total. The molecule has 1 aromatic carbocycles.